The Morgan fingerprint density at radius 1 is 1.07 bits per heavy atom. The average Bonchev–Trinajstić information content (AvgIpc) is 2.79. The van der Waals surface area contributed by atoms with Gasteiger partial charge in [-0.15, -0.1) is 0 Å². The number of amides is 1. The first-order valence-corrected chi connectivity index (χ1v) is 10.0. The smallest absolute Gasteiger partial charge is 0.270 e. The van der Waals surface area contributed by atoms with Crippen molar-refractivity contribution in [3.63, 3.8) is 0 Å². The fraction of sp³-hybridized carbons (Fsp3) is 0.250. The van der Waals surface area contributed by atoms with Crippen molar-refractivity contribution in [3.8, 4) is 0 Å². The highest BCUT2D eigenvalue weighted by molar-refractivity contribution is 5.92. The molecule has 2 heterocycles. The summed E-state index contributed by atoms with van der Waals surface area (Å²) in [5, 5.41) is 6.53. The van der Waals surface area contributed by atoms with E-state index in [0.29, 0.717) is 12.2 Å². The molecule has 1 aliphatic rings. The van der Waals surface area contributed by atoms with E-state index < -0.39 is 0 Å². The van der Waals surface area contributed by atoms with Crippen molar-refractivity contribution in [3.05, 3.63) is 95.2 Å². The van der Waals surface area contributed by atoms with E-state index in [1.165, 1.54) is 11.1 Å². The third-order valence-corrected chi connectivity index (χ3v) is 5.24. The number of rotatable bonds is 5. The number of hydrogen-bond acceptors (Lipinski definition) is 4. The number of aryl methyl sites for hydroxylation is 1. The lowest BCUT2D eigenvalue weighted by atomic mass is 10.0. The maximum atomic E-state index is 12.6. The van der Waals surface area contributed by atoms with Gasteiger partial charge >= 0.3 is 0 Å². The zero-order valence-electron chi connectivity index (χ0n) is 16.6. The molecule has 0 bridgehead atoms. The van der Waals surface area contributed by atoms with Gasteiger partial charge in [0.15, 0.2) is 0 Å². The molecule has 1 aliphatic heterocycles. The number of piperazine rings is 1. The van der Waals surface area contributed by atoms with Crippen molar-refractivity contribution in [2.75, 3.05) is 24.5 Å². The number of nitrogens with one attached hydrogen (secondary N) is 2. The largest absolute Gasteiger partial charge is 0.353 e. The van der Waals surface area contributed by atoms with Gasteiger partial charge in [-0.1, -0.05) is 66.2 Å². The number of carbonyl (C=O) groups excluding carboxylic acids is 1. The molecule has 0 unspecified atom stereocenters. The molecule has 4 rings (SSSR count). The quantitative estimate of drug-likeness (QED) is 0.705. The van der Waals surface area contributed by atoms with Crippen molar-refractivity contribution < 1.29 is 4.79 Å². The molecule has 0 saturated carbocycles. The first kappa shape index (κ1) is 19.2. The molecule has 2 N–H and O–H groups in total. The van der Waals surface area contributed by atoms with Crippen molar-refractivity contribution in [1.82, 2.24) is 15.6 Å². The minimum absolute atomic E-state index is 0.151. The molecule has 148 valence electrons. The molecule has 1 amide bonds. The molecule has 1 atom stereocenters. The van der Waals surface area contributed by atoms with E-state index >= 15 is 0 Å². The molecule has 2 aromatic carbocycles. The van der Waals surface area contributed by atoms with E-state index in [-0.39, 0.29) is 11.9 Å². The molecule has 0 spiro atoms. The lowest BCUT2D eigenvalue weighted by Gasteiger charge is -2.34. The summed E-state index contributed by atoms with van der Waals surface area (Å²) in [5.74, 6) is 0.692. The number of carbonyl (C=O) groups is 1. The maximum Gasteiger partial charge on any atom is 0.270 e. The van der Waals surface area contributed by atoms with Gasteiger partial charge in [0.1, 0.15) is 11.5 Å². The van der Waals surface area contributed by atoms with Crippen LogP contribution in [0.1, 0.15) is 33.2 Å². The Bertz CT molecular complexity index is 956. The summed E-state index contributed by atoms with van der Waals surface area (Å²) in [4.78, 5) is 19.5. The lowest BCUT2D eigenvalue weighted by Crippen LogP contribution is -2.46. The highest BCUT2D eigenvalue weighted by Gasteiger charge is 2.22. The topological polar surface area (TPSA) is 57.3 Å². The SMILES string of the molecule is Cc1ccc(CNC(=O)c2cccc(N3CCN[C@H](c4ccccc4)C3)n2)cc1. The van der Waals surface area contributed by atoms with E-state index in [9.17, 15) is 4.79 Å². The van der Waals surface area contributed by atoms with Gasteiger partial charge in [0.25, 0.3) is 5.91 Å². The highest BCUT2D eigenvalue weighted by atomic mass is 16.1. The summed E-state index contributed by atoms with van der Waals surface area (Å²) < 4.78 is 0. The number of pyridine rings is 1. The molecular weight excluding hydrogens is 360 g/mol. The number of hydrogen-bond donors (Lipinski definition) is 2. The Balaban J connectivity index is 1.42. The summed E-state index contributed by atoms with van der Waals surface area (Å²) in [7, 11) is 0. The first-order valence-electron chi connectivity index (χ1n) is 10.0. The highest BCUT2D eigenvalue weighted by Crippen LogP contribution is 2.21. The van der Waals surface area contributed by atoms with Gasteiger partial charge in [0, 0.05) is 32.2 Å². The minimum Gasteiger partial charge on any atom is -0.353 e. The molecule has 1 fully saturated rings. The average molecular weight is 386 g/mol. The van der Waals surface area contributed by atoms with Gasteiger partial charge in [-0.3, -0.25) is 4.79 Å². The Morgan fingerprint density at radius 2 is 1.86 bits per heavy atom. The van der Waals surface area contributed by atoms with Crippen LogP contribution in [-0.4, -0.2) is 30.5 Å². The molecule has 0 aliphatic carbocycles. The van der Waals surface area contributed by atoms with E-state index in [0.717, 1.165) is 31.0 Å². The van der Waals surface area contributed by atoms with Crippen LogP contribution in [0.5, 0.6) is 0 Å². The summed E-state index contributed by atoms with van der Waals surface area (Å²) in [5.41, 5.74) is 4.00. The van der Waals surface area contributed by atoms with Crippen molar-refractivity contribution >= 4 is 11.7 Å². The van der Waals surface area contributed by atoms with Crippen LogP contribution in [0, 0.1) is 6.92 Å². The second kappa shape index (κ2) is 8.88. The number of aromatic nitrogens is 1. The predicted octanol–water partition coefficient (Wildman–Crippen LogP) is 3.47. The van der Waals surface area contributed by atoms with Gasteiger partial charge in [-0.2, -0.15) is 0 Å². The summed E-state index contributed by atoms with van der Waals surface area (Å²) in [6, 6.07) is 24.5. The first-order chi connectivity index (χ1) is 14.2. The minimum atomic E-state index is -0.151. The Morgan fingerprint density at radius 3 is 2.66 bits per heavy atom. The maximum absolute atomic E-state index is 12.6. The van der Waals surface area contributed by atoms with Crippen molar-refractivity contribution in [2.24, 2.45) is 0 Å². The predicted molar refractivity (Wildman–Crippen MR) is 116 cm³/mol. The normalized spacial score (nSPS) is 16.4. The number of nitrogens with zero attached hydrogens (tertiary/aromatic N) is 2. The van der Waals surface area contributed by atoms with Gasteiger partial charge < -0.3 is 15.5 Å². The zero-order valence-corrected chi connectivity index (χ0v) is 16.6. The summed E-state index contributed by atoms with van der Waals surface area (Å²) in [6.45, 7) is 5.12. The van der Waals surface area contributed by atoms with Crippen LogP contribution in [-0.2, 0) is 6.54 Å². The summed E-state index contributed by atoms with van der Waals surface area (Å²) in [6.07, 6.45) is 0. The van der Waals surface area contributed by atoms with Crippen LogP contribution in [0.15, 0.2) is 72.8 Å². The number of benzene rings is 2. The van der Waals surface area contributed by atoms with Crippen LogP contribution in [0.3, 0.4) is 0 Å². The van der Waals surface area contributed by atoms with Crippen LogP contribution >= 0.6 is 0 Å². The van der Waals surface area contributed by atoms with Gasteiger partial charge in [-0.25, -0.2) is 4.98 Å². The molecule has 5 heteroatoms. The van der Waals surface area contributed by atoms with E-state index in [2.05, 4.69) is 51.7 Å². The van der Waals surface area contributed by atoms with Crippen LogP contribution in [0.4, 0.5) is 5.82 Å². The monoisotopic (exact) mass is 386 g/mol. The van der Waals surface area contributed by atoms with Crippen LogP contribution in [0.25, 0.3) is 0 Å². The van der Waals surface area contributed by atoms with Gasteiger partial charge in [0.2, 0.25) is 0 Å². The van der Waals surface area contributed by atoms with Gasteiger partial charge in [0.05, 0.1) is 0 Å². The fourth-order valence-electron chi connectivity index (χ4n) is 3.57. The molecule has 29 heavy (non-hydrogen) atoms. The zero-order chi connectivity index (χ0) is 20.1. The van der Waals surface area contributed by atoms with Crippen molar-refractivity contribution in [1.29, 1.82) is 0 Å². The fourth-order valence-corrected chi connectivity index (χ4v) is 3.57. The van der Waals surface area contributed by atoms with E-state index in [4.69, 9.17) is 0 Å². The van der Waals surface area contributed by atoms with Crippen LogP contribution < -0.4 is 15.5 Å². The standard InChI is InChI=1S/C24H26N4O/c1-18-10-12-19(13-11-18)16-26-24(29)21-8-5-9-23(27-21)28-15-14-25-22(17-28)20-6-3-2-4-7-20/h2-13,22,25H,14-17H2,1H3,(H,26,29)/t22-/m0/s1. The Kier molecular flexibility index (Phi) is 5.86. The molecule has 3 aromatic rings. The van der Waals surface area contributed by atoms with E-state index in [1.54, 1.807) is 6.07 Å². The van der Waals surface area contributed by atoms with Crippen LogP contribution in [0.2, 0.25) is 0 Å². The molecule has 5 nitrogen and oxygen atoms in total. The van der Waals surface area contributed by atoms with E-state index in [1.807, 2.05) is 42.5 Å². The third kappa shape index (κ3) is 4.81. The second-order valence-corrected chi connectivity index (χ2v) is 7.41. The number of anilines is 1. The second-order valence-electron chi connectivity index (χ2n) is 7.41. The lowest BCUT2D eigenvalue weighted by molar-refractivity contribution is 0.0946. The molecule has 1 saturated heterocycles. The van der Waals surface area contributed by atoms with Crippen molar-refractivity contribution in [2.45, 2.75) is 19.5 Å². The third-order valence-electron chi connectivity index (χ3n) is 5.24. The Hall–Kier alpha value is -3.18. The Labute approximate surface area is 171 Å². The molecule has 1 aromatic heterocycles. The van der Waals surface area contributed by atoms with Gasteiger partial charge in [-0.05, 0) is 30.2 Å². The molecule has 0 radical (unpaired) electrons. The summed E-state index contributed by atoms with van der Waals surface area (Å²) >= 11 is 0. The molecular formula is C24H26N4O.